The number of nitrogens with zero attached hydrogens (tertiary/aromatic N) is 1. The minimum absolute atomic E-state index is 0.0416. The minimum Gasteiger partial charge on any atom is -0.334 e. The zero-order chi connectivity index (χ0) is 39.1. The maximum absolute atomic E-state index is 2.58. The van der Waals surface area contributed by atoms with Crippen molar-refractivity contribution in [1.29, 1.82) is 0 Å². The van der Waals surface area contributed by atoms with Crippen LogP contribution in [0.5, 0.6) is 0 Å². The van der Waals surface area contributed by atoms with Crippen LogP contribution in [0.15, 0.2) is 231 Å². The van der Waals surface area contributed by atoms with E-state index in [9.17, 15) is 0 Å². The van der Waals surface area contributed by atoms with Gasteiger partial charge in [-0.3, -0.25) is 0 Å². The molecule has 0 saturated carbocycles. The molecule has 0 saturated heterocycles. The van der Waals surface area contributed by atoms with Gasteiger partial charge in [0.1, 0.15) is 0 Å². The van der Waals surface area contributed by atoms with E-state index in [4.69, 9.17) is 0 Å². The second kappa shape index (κ2) is 14.8. The highest BCUT2D eigenvalue weighted by Crippen LogP contribution is 2.42. The lowest BCUT2D eigenvalue weighted by Crippen LogP contribution is -2.33. The molecule has 0 aliphatic heterocycles. The summed E-state index contributed by atoms with van der Waals surface area (Å²) in [5.74, 6) is 0. The second-order valence-electron chi connectivity index (χ2n) is 15.7. The number of benzene rings is 10. The standard InChI is InChI=1S/C58H41N/c1-3-13-40(14-4-1)49-35-50(41-15-5-2-6-16-41)37-52(36-49)59(51-33-31-42(32-34-51)47-29-27-45-25-23-43-17-7-9-19-53(43)56(45)38-47)58-22-12-11-21-55(58)48-30-28-46-26-24-44-18-8-10-20-54(44)57(46)39-48/h1-21,23-39,58H,22H2/t58-/m0/s1. The average Bonchev–Trinajstić information content (AvgIpc) is 3.32. The van der Waals surface area contributed by atoms with Gasteiger partial charge in [0, 0.05) is 11.4 Å². The van der Waals surface area contributed by atoms with Gasteiger partial charge in [0.2, 0.25) is 0 Å². The van der Waals surface area contributed by atoms with E-state index in [1.54, 1.807) is 0 Å². The van der Waals surface area contributed by atoms with Crippen LogP contribution < -0.4 is 4.90 Å². The van der Waals surface area contributed by atoms with Gasteiger partial charge in [-0.1, -0.05) is 188 Å². The lowest BCUT2D eigenvalue weighted by molar-refractivity contribution is 0.803. The Morgan fingerprint density at radius 1 is 0.322 bits per heavy atom. The van der Waals surface area contributed by atoms with Gasteiger partial charge in [0.25, 0.3) is 0 Å². The Morgan fingerprint density at radius 2 is 0.780 bits per heavy atom. The molecule has 0 spiro atoms. The Kier molecular flexibility index (Phi) is 8.71. The predicted octanol–water partition coefficient (Wildman–Crippen LogP) is 15.9. The SMILES string of the molecule is C1=CC[C@H](N(c2ccc(-c3ccc4ccc5ccccc5c4c3)cc2)c2cc(-c3ccccc3)cc(-c3ccccc3)c2)C(c2ccc3ccc4ccccc4c3c2)=C1. The number of hydrogen-bond donors (Lipinski definition) is 0. The largest absolute Gasteiger partial charge is 0.334 e. The van der Waals surface area contributed by atoms with E-state index < -0.39 is 0 Å². The van der Waals surface area contributed by atoms with Crippen LogP contribution in [0, 0.1) is 0 Å². The minimum atomic E-state index is 0.0416. The van der Waals surface area contributed by atoms with Crippen LogP contribution in [-0.4, -0.2) is 6.04 Å². The summed E-state index contributed by atoms with van der Waals surface area (Å²) >= 11 is 0. The zero-order valence-corrected chi connectivity index (χ0v) is 32.7. The van der Waals surface area contributed by atoms with Crippen molar-refractivity contribution in [3.8, 4) is 33.4 Å². The van der Waals surface area contributed by atoms with Gasteiger partial charge < -0.3 is 4.90 Å². The van der Waals surface area contributed by atoms with Crippen molar-refractivity contribution in [3.05, 3.63) is 236 Å². The summed E-state index contributed by atoms with van der Waals surface area (Å²) in [5.41, 5.74) is 12.1. The molecule has 1 aliphatic carbocycles. The molecule has 0 radical (unpaired) electrons. The molecule has 0 amide bonds. The predicted molar refractivity (Wildman–Crippen MR) is 253 cm³/mol. The quantitative estimate of drug-likeness (QED) is 0.147. The van der Waals surface area contributed by atoms with Crippen LogP contribution in [0.4, 0.5) is 11.4 Å². The first-order valence-corrected chi connectivity index (χ1v) is 20.6. The molecule has 11 rings (SSSR count). The molecule has 0 fully saturated rings. The summed E-state index contributed by atoms with van der Waals surface area (Å²) in [4.78, 5) is 2.58. The van der Waals surface area contributed by atoms with E-state index >= 15 is 0 Å². The van der Waals surface area contributed by atoms with Crippen LogP contribution in [0.1, 0.15) is 12.0 Å². The highest BCUT2D eigenvalue weighted by molar-refractivity contribution is 6.09. The van der Waals surface area contributed by atoms with Gasteiger partial charge in [0.05, 0.1) is 6.04 Å². The van der Waals surface area contributed by atoms with E-state index in [0.29, 0.717) is 0 Å². The van der Waals surface area contributed by atoms with Crippen molar-refractivity contribution in [2.24, 2.45) is 0 Å². The van der Waals surface area contributed by atoms with Gasteiger partial charge in [-0.2, -0.15) is 0 Å². The van der Waals surface area contributed by atoms with Gasteiger partial charge in [0.15, 0.2) is 0 Å². The molecule has 0 aromatic heterocycles. The number of fused-ring (bicyclic) bond motifs is 6. The first-order valence-electron chi connectivity index (χ1n) is 20.6. The molecular weight excluding hydrogens is 711 g/mol. The fourth-order valence-electron chi connectivity index (χ4n) is 9.18. The van der Waals surface area contributed by atoms with Crippen LogP contribution in [0.2, 0.25) is 0 Å². The van der Waals surface area contributed by atoms with E-state index in [1.165, 1.54) is 87.6 Å². The van der Waals surface area contributed by atoms with Crippen molar-refractivity contribution in [1.82, 2.24) is 0 Å². The Morgan fingerprint density at radius 3 is 1.37 bits per heavy atom. The van der Waals surface area contributed by atoms with Crippen molar-refractivity contribution < 1.29 is 0 Å². The maximum atomic E-state index is 2.58. The van der Waals surface area contributed by atoms with Gasteiger partial charge in [-0.05, 0) is 136 Å². The fourth-order valence-corrected chi connectivity index (χ4v) is 9.18. The third-order valence-corrected chi connectivity index (χ3v) is 12.2. The summed E-state index contributed by atoms with van der Waals surface area (Å²) in [6, 6.07) is 78.2. The van der Waals surface area contributed by atoms with Crippen LogP contribution >= 0.6 is 0 Å². The van der Waals surface area contributed by atoms with E-state index in [-0.39, 0.29) is 6.04 Å². The third-order valence-electron chi connectivity index (χ3n) is 12.2. The van der Waals surface area contributed by atoms with Crippen LogP contribution in [0.25, 0.3) is 82.0 Å². The molecule has 10 aromatic rings. The fraction of sp³-hybridized carbons (Fsp3) is 0.0345. The maximum Gasteiger partial charge on any atom is 0.0631 e. The second-order valence-corrected chi connectivity index (χ2v) is 15.7. The molecule has 10 aromatic carbocycles. The summed E-state index contributed by atoms with van der Waals surface area (Å²) in [7, 11) is 0. The molecular formula is C58H41N. The molecule has 0 bridgehead atoms. The number of rotatable bonds is 7. The average molecular weight is 752 g/mol. The first kappa shape index (κ1) is 34.7. The Bertz CT molecular complexity index is 3170. The smallest absolute Gasteiger partial charge is 0.0631 e. The summed E-state index contributed by atoms with van der Waals surface area (Å²) in [5, 5.41) is 10.2. The summed E-state index contributed by atoms with van der Waals surface area (Å²) in [6.45, 7) is 0. The Balaban J connectivity index is 1.08. The van der Waals surface area contributed by atoms with Gasteiger partial charge >= 0.3 is 0 Å². The summed E-state index contributed by atoms with van der Waals surface area (Å²) in [6.07, 6.45) is 7.76. The number of hydrogen-bond acceptors (Lipinski definition) is 1. The van der Waals surface area contributed by atoms with E-state index in [0.717, 1.165) is 17.8 Å². The number of anilines is 2. The first-order chi connectivity index (χ1) is 29.2. The molecule has 1 aliphatic rings. The molecule has 0 heterocycles. The normalized spacial score (nSPS) is 13.9. The highest BCUT2D eigenvalue weighted by Gasteiger charge is 2.27. The Labute approximate surface area is 345 Å². The van der Waals surface area contributed by atoms with Crippen LogP contribution in [-0.2, 0) is 0 Å². The van der Waals surface area contributed by atoms with Gasteiger partial charge in [-0.25, -0.2) is 0 Å². The van der Waals surface area contributed by atoms with Crippen molar-refractivity contribution in [2.75, 3.05) is 4.90 Å². The molecule has 1 nitrogen and oxygen atoms in total. The van der Waals surface area contributed by atoms with Crippen molar-refractivity contribution in [2.45, 2.75) is 12.5 Å². The molecule has 1 atom stereocenters. The molecule has 1 heteroatoms. The molecule has 59 heavy (non-hydrogen) atoms. The van der Waals surface area contributed by atoms with E-state index in [1.807, 2.05) is 0 Å². The van der Waals surface area contributed by atoms with Gasteiger partial charge in [-0.15, -0.1) is 0 Å². The van der Waals surface area contributed by atoms with Crippen molar-refractivity contribution >= 4 is 60.0 Å². The highest BCUT2D eigenvalue weighted by atomic mass is 15.2. The molecule has 0 N–H and O–H groups in total. The molecule has 0 unspecified atom stereocenters. The summed E-state index contributed by atoms with van der Waals surface area (Å²) < 4.78 is 0. The third kappa shape index (κ3) is 6.48. The lowest BCUT2D eigenvalue weighted by atomic mass is 9.88. The molecule has 278 valence electrons. The zero-order valence-electron chi connectivity index (χ0n) is 32.7. The Hall–Kier alpha value is -7.48. The lowest BCUT2D eigenvalue weighted by Gasteiger charge is -2.37. The topological polar surface area (TPSA) is 3.24 Å². The van der Waals surface area contributed by atoms with Crippen molar-refractivity contribution in [3.63, 3.8) is 0 Å². The van der Waals surface area contributed by atoms with Crippen LogP contribution in [0.3, 0.4) is 0 Å². The van der Waals surface area contributed by atoms with E-state index in [2.05, 4.69) is 235 Å². The number of allylic oxidation sites excluding steroid dienone is 2. The monoisotopic (exact) mass is 751 g/mol.